The van der Waals surface area contributed by atoms with Crippen LogP contribution >= 0.6 is 0 Å². The minimum Gasteiger partial charge on any atom is -0.459 e. The number of aryl methyl sites for hydroxylation is 1. The van der Waals surface area contributed by atoms with Crippen molar-refractivity contribution in [1.29, 1.82) is 0 Å². The fourth-order valence-electron chi connectivity index (χ4n) is 3.29. The fourth-order valence-corrected chi connectivity index (χ4v) is 4.96. The Labute approximate surface area is 162 Å². The van der Waals surface area contributed by atoms with E-state index in [1.165, 1.54) is 4.31 Å². The van der Waals surface area contributed by atoms with Gasteiger partial charge in [0.25, 0.3) is 0 Å². The van der Waals surface area contributed by atoms with Crippen molar-refractivity contribution in [3.8, 4) is 6.01 Å². The van der Waals surface area contributed by atoms with E-state index in [1.54, 1.807) is 12.1 Å². The lowest BCUT2D eigenvalue weighted by Crippen LogP contribution is -2.44. The van der Waals surface area contributed by atoms with Crippen LogP contribution in [-0.4, -0.2) is 46.9 Å². The number of ether oxygens (including phenoxy) is 1. The van der Waals surface area contributed by atoms with Gasteiger partial charge < -0.3 is 4.74 Å². The molecule has 1 aliphatic rings. The summed E-state index contributed by atoms with van der Waals surface area (Å²) in [5, 5.41) is 0.774. The van der Waals surface area contributed by atoms with E-state index >= 15 is 0 Å². The number of nitrogens with zero attached hydrogens (tertiary/aromatic N) is 4. The maximum Gasteiger partial charge on any atom is 0.316 e. The number of pyridine rings is 1. The predicted octanol–water partition coefficient (Wildman–Crippen LogP) is 2.70. The summed E-state index contributed by atoms with van der Waals surface area (Å²) >= 11 is 0. The Balaban J connectivity index is 1.61. The number of para-hydroxylation sites is 1. The third-order valence-corrected chi connectivity index (χ3v) is 6.55. The summed E-state index contributed by atoms with van der Waals surface area (Å²) < 4.78 is 46.6. The highest BCUT2D eigenvalue weighted by Crippen LogP contribution is 2.27. The Morgan fingerprint density at radius 2 is 1.96 bits per heavy atom. The number of benzene rings is 1. The van der Waals surface area contributed by atoms with Crippen molar-refractivity contribution in [2.24, 2.45) is 0 Å². The summed E-state index contributed by atoms with van der Waals surface area (Å²) in [6.07, 6.45) is 2.94. The van der Waals surface area contributed by atoms with E-state index in [4.69, 9.17) is 4.74 Å². The molecule has 0 bridgehead atoms. The van der Waals surface area contributed by atoms with Crippen LogP contribution in [0.1, 0.15) is 18.5 Å². The van der Waals surface area contributed by atoms with E-state index in [-0.39, 0.29) is 17.5 Å². The van der Waals surface area contributed by atoms with E-state index < -0.39 is 21.9 Å². The summed E-state index contributed by atoms with van der Waals surface area (Å²) in [7, 11) is -3.75. The molecule has 1 aliphatic heterocycles. The molecule has 0 amide bonds. The molecule has 3 heterocycles. The number of hydrogen-bond donors (Lipinski definition) is 0. The summed E-state index contributed by atoms with van der Waals surface area (Å²) in [5.41, 5.74) is 1.22. The number of piperidine rings is 1. The Kier molecular flexibility index (Phi) is 4.94. The molecule has 0 spiro atoms. The average molecular weight is 402 g/mol. The highest BCUT2D eigenvalue weighted by Gasteiger charge is 2.33. The number of aromatic nitrogens is 3. The van der Waals surface area contributed by atoms with Gasteiger partial charge >= 0.3 is 6.01 Å². The summed E-state index contributed by atoms with van der Waals surface area (Å²) in [5.74, 6) is -0.557. The number of rotatable bonds is 4. The first-order valence-electron chi connectivity index (χ1n) is 8.94. The number of sulfonamides is 1. The number of fused-ring (bicyclic) bond motifs is 1. The van der Waals surface area contributed by atoms with Crippen molar-refractivity contribution >= 4 is 20.9 Å². The Bertz CT molecular complexity index is 1110. The standard InChI is InChI=1S/C19H19FN4O3S/c1-13-7-8-14-4-2-6-17(18(14)23-13)28(25,26)24-9-3-5-16(12-24)27-19-21-10-15(20)11-22-19/h2,4,6-8,10-11,16H,3,5,9,12H2,1H3. The average Bonchev–Trinajstić information content (AvgIpc) is 2.69. The second kappa shape index (κ2) is 7.40. The minimum atomic E-state index is -3.75. The molecule has 1 saturated heterocycles. The largest absolute Gasteiger partial charge is 0.459 e. The molecule has 0 saturated carbocycles. The maximum absolute atomic E-state index is 13.3. The third-order valence-electron chi connectivity index (χ3n) is 4.65. The summed E-state index contributed by atoms with van der Waals surface area (Å²) in [6, 6.07) is 8.90. The lowest BCUT2D eigenvalue weighted by Gasteiger charge is -2.31. The van der Waals surface area contributed by atoms with Gasteiger partial charge in [-0.25, -0.2) is 22.8 Å². The van der Waals surface area contributed by atoms with Crippen LogP contribution in [-0.2, 0) is 10.0 Å². The zero-order valence-electron chi connectivity index (χ0n) is 15.2. The quantitative estimate of drug-likeness (QED) is 0.667. The minimum absolute atomic E-state index is 0.0353. The van der Waals surface area contributed by atoms with Crippen LogP contribution in [0.25, 0.3) is 10.9 Å². The van der Waals surface area contributed by atoms with Crippen LogP contribution < -0.4 is 4.74 Å². The molecular weight excluding hydrogens is 383 g/mol. The van der Waals surface area contributed by atoms with Gasteiger partial charge in [0, 0.05) is 17.6 Å². The Hall–Kier alpha value is -2.65. The van der Waals surface area contributed by atoms with Crippen LogP contribution in [0.3, 0.4) is 0 Å². The normalized spacial score (nSPS) is 18.3. The smallest absolute Gasteiger partial charge is 0.316 e. The van der Waals surface area contributed by atoms with E-state index in [9.17, 15) is 12.8 Å². The highest BCUT2D eigenvalue weighted by molar-refractivity contribution is 7.89. The molecular formula is C19H19FN4O3S. The van der Waals surface area contributed by atoms with Crippen LogP contribution in [0.2, 0.25) is 0 Å². The number of halogens is 1. The van der Waals surface area contributed by atoms with Crippen molar-refractivity contribution in [2.75, 3.05) is 13.1 Å². The first-order valence-corrected chi connectivity index (χ1v) is 10.4. The maximum atomic E-state index is 13.3. The number of hydrogen-bond acceptors (Lipinski definition) is 6. The molecule has 146 valence electrons. The summed E-state index contributed by atoms with van der Waals surface area (Å²) in [6.45, 7) is 2.40. The van der Waals surface area contributed by atoms with Crippen LogP contribution in [0.5, 0.6) is 6.01 Å². The lowest BCUT2D eigenvalue weighted by atomic mass is 10.1. The molecule has 2 aromatic heterocycles. The monoisotopic (exact) mass is 402 g/mol. The molecule has 4 rings (SSSR count). The van der Waals surface area contributed by atoms with Crippen LogP contribution in [0.4, 0.5) is 4.39 Å². The van der Waals surface area contributed by atoms with Gasteiger partial charge in [-0.3, -0.25) is 4.98 Å². The van der Waals surface area contributed by atoms with E-state index in [1.807, 2.05) is 25.1 Å². The van der Waals surface area contributed by atoms with E-state index in [0.717, 1.165) is 23.5 Å². The van der Waals surface area contributed by atoms with Gasteiger partial charge in [0.05, 0.1) is 24.5 Å². The van der Waals surface area contributed by atoms with Crippen molar-refractivity contribution < 1.29 is 17.5 Å². The van der Waals surface area contributed by atoms with Crippen molar-refractivity contribution in [1.82, 2.24) is 19.3 Å². The molecule has 0 N–H and O–H groups in total. The SMILES string of the molecule is Cc1ccc2cccc(S(=O)(=O)N3CCCC(Oc4ncc(F)cn4)C3)c2n1. The van der Waals surface area contributed by atoms with Crippen LogP contribution in [0, 0.1) is 12.7 Å². The van der Waals surface area contributed by atoms with Crippen LogP contribution in [0.15, 0.2) is 47.6 Å². The predicted molar refractivity (Wildman–Crippen MR) is 101 cm³/mol. The second-order valence-electron chi connectivity index (χ2n) is 6.71. The molecule has 0 radical (unpaired) electrons. The lowest BCUT2D eigenvalue weighted by molar-refractivity contribution is 0.119. The van der Waals surface area contributed by atoms with Gasteiger partial charge in [-0.2, -0.15) is 4.31 Å². The Morgan fingerprint density at radius 1 is 1.18 bits per heavy atom. The molecule has 1 fully saturated rings. The zero-order valence-corrected chi connectivity index (χ0v) is 16.1. The van der Waals surface area contributed by atoms with Gasteiger partial charge in [-0.1, -0.05) is 18.2 Å². The molecule has 3 aromatic rings. The molecule has 7 nitrogen and oxygen atoms in total. The first-order chi connectivity index (χ1) is 13.4. The third kappa shape index (κ3) is 3.67. The van der Waals surface area contributed by atoms with E-state index in [0.29, 0.717) is 24.9 Å². The van der Waals surface area contributed by atoms with Gasteiger partial charge in [0.1, 0.15) is 11.0 Å². The summed E-state index contributed by atoms with van der Waals surface area (Å²) in [4.78, 5) is 12.2. The Morgan fingerprint density at radius 3 is 2.75 bits per heavy atom. The molecule has 0 aliphatic carbocycles. The molecule has 1 atom stereocenters. The fraction of sp³-hybridized carbons (Fsp3) is 0.316. The zero-order chi connectivity index (χ0) is 19.7. The van der Waals surface area contributed by atoms with Gasteiger partial charge in [0.2, 0.25) is 10.0 Å². The first kappa shape index (κ1) is 18.7. The molecule has 9 heteroatoms. The van der Waals surface area contributed by atoms with Crippen molar-refractivity contribution in [3.05, 3.63) is 54.2 Å². The molecule has 1 unspecified atom stereocenters. The molecule has 28 heavy (non-hydrogen) atoms. The van der Waals surface area contributed by atoms with Crippen molar-refractivity contribution in [3.63, 3.8) is 0 Å². The highest BCUT2D eigenvalue weighted by atomic mass is 32.2. The van der Waals surface area contributed by atoms with Crippen molar-refractivity contribution in [2.45, 2.75) is 30.8 Å². The van der Waals surface area contributed by atoms with Gasteiger partial charge in [-0.05, 0) is 31.9 Å². The van der Waals surface area contributed by atoms with E-state index in [2.05, 4.69) is 15.0 Å². The second-order valence-corrected chi connectivity index (χ2v) is 8.62. The van der Waals surface area contributed by atoms with Gasteiger partial charge in [0.15, 0.2) is 5.82 Å². The topological polar surface area (TPSA) is 85.3 Å². The van der Waals surface area contributed by atoms with Gasteiger partial charge in [-0.15, -0.1) is 0 Å². The molecule has 1 aromatic carbocycles.